The Morgan fingerprint density at radius 2 is 0.814 bits per heavy atom. The molecule has 0 N–H and O–H groups in total. The molecule has 0 atom stereocenters. The number of benzene rings is 3. The minimum absolute atomic E-state index is 0. The van der Waals surface area contributed by atoms with E-state index in [1.165, 1.54) is 44.2 Å². The van der Waals surface area contributed by atoms with Crippen LogP contribution in [0.1, 0.15) is 95.2 Å². The minimum atomic E-state index is -2.61. The third-order valence-electron chi connectivity index (χ3n) is 8.80. The molecule has 0 radical (unpaired) electrons. The molecule has 0 spiro atoms. The Bertz CT molecular complexity index is 1190. The zero-order chi connectivity index (χ0) is 28.2. The second-order valence-electron chi connectivity index (χ2n) is 11.6. The van der Waals surface area contributed by atoms with Crippen LogP contribution in [0.5, 0.6) is 0 Å². The van der Waals surface area contributed by atoms with Crippen LogP contribution in [-0.2, 0) is 60.2 Å². The van der Waals surface area contributed by atoms with Crippen molar-refractivity contribution in [3.63, 3.8) is 0 Å². The number of allylic oxidation sites excluding steroid dienone is 4. The van der Waals surface area contributed by atoms with Gasteiger partial charge in [0.1, 0.15) is 0 Å². The first-order valence-electron chi connectivity index (χ1n) is 15.6. The first-order chi connectivity index (χ1) is 18.8. The van der Waals surface area contributed by atoms with Gasteiger partial charge in [0.2, 0.25) is 0 Å². The molecule has 0 saturated heterocycles. The molecule has 0 aliphatic heterocycles. The summed E-state index contributed by atoms with van der Waals surface area (Å²) < 4.78 is 0. The van der Waals surface area contributed by atoms with E-state index in [0.717, 1.165) is 44.9 Å². The topological polar surface area (TPSA) is 0 Å². The van der Waals surface area contributed by atoms with Gasteiger partial charge in [0.15, 0.2) is 8.07 Å². The summed E-state index contributed by atoms with van der Waals surface area (Å²) in [6, 6.07) is 22.7. The number of hydrogen-bond donors (Lipinski definition) is 0. The van der Waals surface area contributed by atoms with Crippen LogP contribution >= 0.6 is 0 Å². The zero-order valence-corrected chi connectivity index (χ0v) is 32.3. The van der Waals surface area contributed by atoms with E-state index >= 15 is 0 Å². The van der Waals surface area contributed by atoms with E-state index in [1.54, 1.807) is 15.6 Å². The predicted molar refractivity (Wildman–Crippen MR) is 175 cm³/mol. The molecule has 43 heavy (non-hydrogen) atoms. The average molecular weight is 688 g/mol. The summed E-state index contributed by atoms with van der Waals surface area (Å²) >= 11 is 0. The van der Waals surface area contributed by atoms with Crippen LogP contribution in [-0.4, -0.2) is 8.07 Å². The number of rotatable bonds is 11. The van der Waals surface area contributed by atoms with Gasteiger partial charge >= 0.3 is 21.7 Å². The van der Waals surface area contributed by atoms with Crippen molar-refractivity contribution < 1.29 is 58.9 Å². The Hall–Kier alpha value is -1.06. The maximum Gasteiger partial charge on any atom is 4.00 e. The summed E-state index contributed by atoms with van der Waals surface area (Å²) in [7, 11) is -2.61. The summed E-state index contributed by atoms with van der Waals surface area (Å²) in [5, 5.41) is 6.17. The van der Waals surface area contributed by atoms with Crippen molar-refractivity contribution in [1.29, 1.82) is 0 Å². The van der Waals surface area contributed by atoms with Crippen molar-refractivity contribution >= 4 is 23.6 Å². The molecule has 0 amide bonds. The predicted octanol–water partition coefficient (Wildman–Crippen LogP) is -1.20. The first-order valence-corrected chi connectivity index (χ1v) is 17.6. The maximum absolute atomic E-state index is 4.09. The van der Waals surface area contributed by atoms with Crippen LogP contribution in [0, 0.1) is 12.0 Å². The van der Waals surface area contributed by atoms with E-state index in [4.69, 9.17) is 0 Å². The molecule has 0 heterocycles. The molecule has 1 aliphatic carbocycles. The standard InChI is InChI=1S/C38H49Si.3ClH.Ti/c1-9-28-17-29(10-2)21-36(20-28)39(35-16-15-34(26-35)27(7)8,37-22-30(11-3)18-31(12-4)23-37)38-24-32(13-5)19-33(14-6)25-38;;;;/h15,17-25,27H,9-14,16H2,1-8H3;3*1H;/q-1;;;;+4/p-3. The van der Waals surface area contributed by atoms with Gasteiger partial charge in [-0.15, -0.1) is 0 Å². The Kier molecular flexibility index (Phi) is 18.3. The van der Waals surface area contributed by atoms with Crippen molar-refractivity contribution in [1.82, 2.24) is 0 Å². The molecule has 0 unspecified atom stereocenters. The number of hydrogen-bond acceptors (Lipinski definition) is 0. The fourth-order valence-corrected chi connectivity index (χ4v) is 11.5. The monoisotopic (exact) mass is 686 g/mol. The van der Waals surface area contributed by atoms with Crippen LogP contribution in [0.4, 0.5) is 0 Å². The summed E-state index contributed by atoms with van der Waals surface area (Å²) in [5.41, 5.74) is 10.1. The number of halogens is 3. The molecule has 0 bridgehead atoms. The third-order valence-corrected chi connectivity index (χ3v) is 13.5. The van der Waals surface area contributed by atoms with Gasteiger partial charge in [0.25, 0.3) is 0 Å². The van der Waals surface area contributed by atoms with E-state index < -0.39 is 8.07 Å². The van der Waals surface area contributed by atoms with Crippen LogP contribution in [0.3, 0.4) is 0 Å². The summed E-state index contributed by atoms with van der Waals surface area (Å²) in [6.45, 7) is 18.5. The molecule has 0 fully saturated rings. The Balaban J connectivity index is 0.00000441. The summed E-state index contributed by atoms with van der Waals surface area (Å²) in [5.74, 6) is 0.490. The molecule has 0 saturated carbocycles. The van der Waals surface area contributed by atoms with Crippen molar-refractivity contribution in [2.24, 2.45) is 5.92 Å². The SMILES string of the molecule is CCc1cc(CC)cc([Si](C2=[C-]C(C(C)C)=CC2)(c2cc(CC)cc(CC)c2)c2cc(CC)cc(CC)c2)c1.[Cl-].[Cl-].[Cl-].[Ti+4]. The molecule has 3 aromatic rings. The van der Waals surface area contributed by atoms with Crippen LogP contribution in [0.2, 0.25) is 0 Å². The van der Waals surface area contributed by atoms with Gasteiger partial charge in [-0.2, -0.15) is 5.20 Å². The number of aryl methyl sites for hydroxylation is 6. The fourth-order valence-electron chi connectivity index (χ4n) is 6.30. The molecular weight excluding hydrogens is 639 g/mol. The molecular formula is C38H49Cl3SiTi. The van der Waals surface area contributed by atoms with Gasteiger partial charge in [-0.25, -0.2) is 11.6 Å². The van der Waals surface area contributed by atoms with Crippen molar-refractivity contribution in [3.05, 3.63) is 111 Å². The Morgan fingerprint density at radius 3 is 1.02 bits per heavy atom. The van der Waals surface area contributed by atoms with Crippen molar-refractivity contribution in [2.45, 2.75) is 100 Å². The van der Waals surface area contributed by atoms with Gasteiger partial charge in [-0.3, -0.25) is 6.08 Å². The molecule has 0 aromatic heterocycles. The van der Waals surface area contributed by atoms with Crippen LogP contribution < -0.4 is 52.8 Å². The van der Waals surface area contributed by atoms with E-state index in [0.29, 0.717) is 5.92 Å². The van der Waals surface area contributed by atoms with Gasteiger partial charge in [-0.05, 0) is 87.5 Å². The van der Waals surface area contributed by atoms with E-state index in [-0.39, 0.29) is 58.9 Å². The van der Waals surface area contributed by atoms with Crippen molar-refractivity contribution in [3.8, 4) is 0 Å². The largest absolute Gasteiger partial charge is 4.00 e. The Morgan fingerprint density at radius 1 is 0.535 bits per heavy atom. The first kappa shape index (κ1) is 41.9. The van der Waals surface area contributed by atoms with Crippen LogP contribution in [0.25, 0.3) is 0 Å². The second-order valence-corrected chi connectivity index (χ2v) is 15.4. The van der Waals surface area contributed by atoms with E-state index in [9.17, 15) is 0 Å². The average Bonchev–Trinajstić information content (AvgIpc) is 3.47. The minimum Gasteiger partial charge on any atom is -1.00 e. The fraction of sp³-hybridized carbons (Fsp3) is 0.421. The molecule has 5 heteroatoms. The van der Waals surface area contributed by atoms with Crippen molar-refractivity contribution in [2.75, 3.05) is 0 Å². The quantitative estimate of drug-likeness (QED) is 0.135. The van der Waals surface area contributed by atoms with Gasteiger partial charge in [0.05, 0.1) is 0 Å². The van der Waals surface area contributed by atoms with Crippen LogP contribution in [0.15, 0.2) is 71.4 Å². The summed E-state index contributed by atoms with van der Waals surface area (Å²) in [4.78, 5) is 0. The molecule has 230 valence electrons. The maximum atomic E-state index is 4.09. The molecule has 0 nitrogen and oxygen atoms in total. The molecule has 3 aromatic carbocycles. The molecule has 4 rings (SSSR count). The van der Waals surface area contributed by atoms with E-state index in [1.807, 2.05) is 0 Å². The van der Waals surface area contributed by atoms with Gasteiger partial charge in [0, 0.05) is 0 Å². The van der Waals surface area contributed by atoms with Gasteiger partial charge in [-0.1, -0.05) is 122 Å². The normalized spacial score (nSPS) is 12.4. The second kappa shape index (κ2) is 18.8. The zero-order valence-electron chi connectivity index (χ0n) is 27.4. The smallest absolute Gasteiger partial charge is 1.00 e. The van der Waals surface area contributed by atoms with E-state index in [2.05, 4.69) is 122 Å². The summed E-state index contributed by atoms with van der Waals surface area (Å²) in [6.07, 6.45) is 14.0. The molecule has 1 aliphatic rings. The van der Waals surface area contributed by atoms with Gasteiger partial charge < -0.3 is 37.2 Å². The Labute approximate surface area is 297 Å². The third kappa shape index (κ3) is 8.81.